The van der Waals surface area contributed by atoms with Gasteiger partial charge < -0.3 is 23.2 Å². The van der Waals surface area contributed by atoms with Crippen LogP contribution in [0, 0.1) is 0 Å². The Morgan fingerprint density at radius 2 is 1.79 bits per heavy atom. The van der Waals surface area contributed by atoms with Crippen LogP contribution in [0.1, 0.15) is 56.1 Å². The normalized spacial score (nSPS) is 12.1. The van der Waals surface area contributed by atoms with Crippen molar-refractivity contribution in [2.24, 2.45) is 0 Å². The molecule has 0 amide bonds. The fraction of sp³-hybridized carbons (Fsp3) is 0.333. The van der Waals surface area contributed by atoms with Crippen molar-refractivity contribution in [1.82, 2.24) is 9.55 Å². The van der Waals surface area contributed by atoms with Gasteiger partial charge in [0.25, 0.3) is 5.56 Å². The van der Waals surface area contributed by atoms with E-state index in [1.807, 2.05) is 20.8 Å². The first kappa shape index (κ1) is 31.7. The number of ketones is 1. The third kappa shape index (κ3) is 8.00. The molecule has 0 fully saturated rings. The van der Waals surface area contributed by atoms with Gasteiger partial charge in [0.2, 0.25) is 0 Å². The standard InChI is InChI=1S/C33H35ClN2O7/c1-6-41-32(39)22-9-7-21(8-10-22)15-28(37)27(13-14-43-33(2,3)4)36-19-30(40-5)26(17-31(36)38)25-16-23(34)11-12-24(25)29-18-35-20-42-29/h7-12,16-20,27H,6,13-15H2,1-5H3. The first-order valence-electron chi connectivity index (χ1n) is 13.9. The van der Waals surface area contributed by atoms with E-state index in [0.29, 0.717) is 44.3 Å². The van der Waals surface area contributed by atoms with Crippen LogP contribution in [-0.4, -0.2) is 47.2 Å². The predicted octanol–water partition coefficient (Wildman–Crippen LogP) is 6.57. The van der Waals surface area contributed by atoms with E-state index in [-0.39, 0.29) is 31.8 Å². The van der Waals surface area contributed by atoms with Crippen LogP contribution in [0.2, 0.25) is 5.02 Å². The van der Waals surface area contributed by atoms with Crippen molar-refractivity contribution in [2.75, 3.05) is 20.3 Å². The Morgan fingerprint density at radius 3 is 2.42 bits per heavy atom. The minimum atomic E-state index is -0.837. The molecule has 4 aromatic rings. The SMILES string of the molecule is CCOC(=O)c1ccc(CC(=O)C(CCOC(C)(C)C)n2cc(OC)c(-c3cc(Cl)ccc3-c3cnco3)cc2=O)cc1. The number of esters is 1. The summed E-state index contributed by atoms with van der Waals surface area (Å²) in [5.41, 5.74) is 2.06. The molecule has 9 nitrogen and oxygen atoms in total. The van der Waals surface area contributed by atoms with Crippen LogP contribution < -0.4 is 10.3 Å². The molecule has 0 radical (unpaired) electrons. The van der Waals surface area contributed by atoms with Crippen molar-refractivity contribution in [3.63, 3.8) is 0 Å². The van der Waals surface area contributed by atoms with Crippen molar-refractivity contribution in [2.45, 2.75) is 52.2 Å². The first-order valence-corrected chi connectivity index (χ1v) is 14.3. The molecule has 0 bridgehead atoms. The molecular formula is C33H35ClN2O7. The zero-order chi connectivity index (χ0) is 31.1. The maximum Gasteiger partial charge on any atom is 0.338 e. The number of carbonyl (C=O) groups excluding carboxylic acids is 2. The largest absolute Gasteiger partial charge is 0.495 e. The number of aromatic nitrogens is 2. The van der Waals surface area contributed by atoms with E-state index < -0.39 is 23.2 Å². The minimum absolute atomic E-state index is 0.0454. The molecule has 43 heavy (non-hydrogen) atoms. The second-order valence-corrected chi connectivity index (χ2v) is 11.3. The molecule has 0 aliphatic rings. The van der Waals surface area contributed by atoms with Gasteiger partial charge in [0, 0.05) is 35.2 Å². The molecule has 1 atom stereocenters. The summed E-state index contributed by atoms with van der Waals surface area (Å²) in [7, 11) is 1.50. The maximum absolute atomic E-state index is 13.8. The zero-order valence-electron chi connectivity index (χ0n) is 24.9. The minimum Gasteiger partial charge on any atom is -0.495 e. The highest BCUT2D eigenvalue weighted by molar-refractivity contribution is 6.31. The van der Waals surface area contributed by atoms with Gasteiger partial charge in [-0.1, -0.05) is 23.7 Å². The summed E-state index contributed by atoms with van der Waals surface area (Å²) in [5, 5.41) is 0.464. The van der Waals surface area contributed by atoms with Crippen LogP contribution in [0.3, 0.4) is 0 Å². The van der Waals surface area contributed by atoms with Crippen LogP contribution in [0.15, 0.2) is 76.5 Å². The Morgan fingerprint density at radius 1 is 1.05 bits per heavy atom. The number of oxazole rings is 1. The molecule has 2 heterocycles. The maximum atomic E-state index is 13.8. The number of halogens is 1. The molecule has 0 aliphatic heterocycles. The number of carbonyl (C=O) groups is 2. The molecule has 2 aromatic carbocycles. The van der Waals surface area contributed by atoms with E-state index in [2.05, 4.69) is 4.98 Å². The average Bonchev–Trinajstić information content (AvgIpc) is 3.50. The summed E-state index contributed by atoms with van der Waals surface area (Å²) >= 11 is 6.35. The van der Waals surface area contributed by atoms with E-state index in [1.165, 1.54) is 24.1 Å². The van der Waals surface area contributed by atoms with Gasteiger partial charge in [0.05, 0.1) is 43.3 Å². The Kier molecular flexibility index (Phi) is 10.2. The molecule has 4 rings (SSSR count). The first-order chi connectivity index (χ1) is 20.5. The van der Waals surface area contributed by atoms with Gasteiger partial charge in [-0.2, -0.15) is 0 Å². The summed E-state index contributed by atoms with van der Waals surface area (Å²) in [4.78, 5) is 43.5. The molecule has 1 unspecified atom stereocenters. The lowest BCUT2D eigenvalue weighted by molar-refractivity contribution is -0.122. The van der Waals surface area contributed by atoms with Crippen molar-refractivity contribution in [3.05, 3.63) is 93.8 Å². The summed E-state index contributed by atoms with van der Waals surface area (Å²) < 4.78 is 23.6. The van der Waals surface area contributed by atoms with E-state index in [1.54, 1.807) is 61.8 Å². The molecule has 0 aliphatic carbocycles. The van der Waals surface area contributed by atoms with Gasteiger partial charge in [-0.05, 0) is 75.6 Å². The van der Waals surface area contributed by atoms with E-state index in [0.717, 1.165) is 0 Å². The summed E-state index contributed by atoms with van der Waals surface area (Å²) in [6.07, 6.45) is 4.75. The molecular weight excluding hydrogens is 572 g/mol. The Balaban J connectivity index is 1.71. The number of hydrogen-bond acceptors (Lipinski definition) is 8. The van der Waals surface area contributed by atoms with Crippen LogP contribution in [-0.2, 0) is 20.7 Å². The van der Waals surface area contributed by atoms with Crippen LogP contribution in [0.25, 0.3) is 22.5 Å². The fourth-order valence-corrected chi connectivity index (χ4v) is 4.84. The third-order valence-electron chi connectivity index (χ3n) is 6.71. The number of ether oxygens (including phenoxy) is 3. The van der Waals surface area contributed by atoms with E-state index >= 15 is 0 Å². The zero-order valence-corrected chi connectivity index (χ0v) is 25.6. The van der Waals surface area contributed by atoms with Gasteiger partial charge in [0.15, 0.2) is 17.9 Å². The second-order valence-electron chi connectivity index (χ2n) is 10.9. The molecule has 0 saturated heterocycles. The van der Waals surface area contributed by atoms with Crippen molar-refractivity contribution >= 4 is 23.4 Å². The number of methoxy groups -OCH3 is 1. The van der Waals surface area contributed by atoms with Crippen LogP contribution >= 0.6 is 11.6 Å². The average molecular weight is 607 g/mol. The number of benzene rings is 2. The number of nitrogens with zero attached hydrogens (tertiary/aromatic N) is 2. The number of Topliss-reactive ketones (excluding diaryl/α,β-unsaturated/α-hetero) is 1. The van der Waals surface area contributed by atoms with Crippen molar-refractivity contribution < 1.29 is 28.2 Å². The Hall–Kier alpha value is -4.21. The fourth-order valence-electron chi connectivity index (χ4n) is 4.67. The Bertz CT molecular complexity index is 1620. The van der Waals surface area contributed by atoms with Gasteiger partial charge in [-0.3, -0.25) is 9.59 Å². The highest BCUT2D eigenvalue weighted by Gasteiger charge is 2.25. The quantitative estimate of drug-likeness (QED) is 0.167. The monoisotopic (exact) mass is 606 g/mol. The molecule has 0 saturated carbocycles. The highest BCUT2D eigenvalue weighted by atomic mass is 35.5. The number of pyridine rings is 1. The van der Waals surface area contributed by atoms with Crippen LogP contribution in [0.5, 0.6) is 5.75 Å². The summed E-state index contributed by atoms with van der Waals surface area (Å²) in [5.74, 6) is 0.251. The highest BCUT2D eigenvalue weighted by Crippen LogP contribution is 2.38. The number of hydrogen-bond donors (Lipinski definition) is 0. The van der Waals surface area contributed by atoms with Crippen molar-refractivity contribution in [3.8, 4) is 28.2 Å². The van der Waals surface area contributed by atoms with Gasteiger partial charge in [-0.15, -0.1) is 0 Å². The van der Waals surface area contributed by atoms with Gasteiger partial charge >= 0.3 is 5.97 Å². The molecule has 2 aromatic heterocycles. The van der Waals surface area contributed by atoms with Crippen molar-refractivity contribution in [1.29, 1.82) is 0 Å². The molecule has 0 spiro atoms. The molecule has 10 heteroatoms. The molecule has 226 valence electrons. The second kappa shape index (κ2) is 13.8. The lowest BCUT2D eigenvalue weighted by Gasteiger charge is -2.24. The topological polar surface area (TPSA) is 110 Å². The summed E-state index contributed by atoms with van der Waals surface area (Å²) in [6.45, 7) is 8.04. The smallest absolute Gasteiger partial charge is 0.338 e. The van der Waals surface area contributed by atoms with Gasteiger partial charge in [0.1, 0.15) is 5.75 Å². The van der Waals surface area contributed by atoms with E-state index in [9.17, 15) is 14.4 Å². The van der Waals surface area contributed by atoms with E-state index in [4.69, 9.17) is 30.2 Å². The molecule has 0 N–H and O–H groups in total. The Labute approximate surface area is 255 Å². The number of rotatable bonds is 12. The predicted molar refractivity (Wildman–Crippen MR) is 164 cm³/mol. The third-order valence-corrected chi connectivity index (χ3v) is 6.95. The van der Waals surface area contributed by atoms with Gasteiger partial charge in [-0.25, -0.2) is 9.78 Å². The summed E-state index contributed by atoms with van der Waals surface area (Å²) in [6, 6.07) is 12.5. The lowest BCUT2D eigenvalue weighted by atomic mass is 9.97. The lowest BCUT2D eigenvalue weighted by Crippen LogP contribution is -2.32. The van der Waals surface area contributed by atoms with Crippen LogP contribution in [0.4, 0.5) is 0 Å².